The zero-order valence-electron chi connectivity index (χ0n) is 15.6. The van der Waals surface area contributed by atoms with Crippen LogP contribution in [0.25, 0.3) is 0 Å². The number of carbonyl (C=O) groups excluding carboxylic acids is 1. The average Bonchev–Trinajstić information content (AvgIpc) is 2.62. The molecule has 2 rings (SSSR count). The summed E-state index contributed by atoms with van der Waals surface area (Å²) in [6.07, 6.45) is 1.06. The second-order valence-electron chi connectivity index (χ2n) is 5.98. The van der Waals surface area contributed by atoms with Gasteiger partial charge in [0, 0.05) is 0 Å². The summed E-state index contributed by atoms with van der Waals surface area (Å²) < 4.78 is 35.8. The second-order valence-corrected chi connectivity index (χ2v) is 7.89. The molecule has 0 atom stereocenters. The van der Waals surface area contributed by atoms with E-state index in [1.807, 2.05) is 31.2 Å². The maximum Gasteiger partial charge on any atom is 0.240 e. The molecule has 8 heteroatoms. The maximum atomic E-state index is 12.2. The minimum atomic E-state index is -3.61. The number of hydrogen-bond donors (Lipinski definition) is 1. The van der Waals surface area contributed by atoms with Crippen LogP contribution in [0.1, 0.15) is 5.56 Å². The number of hydrogen-bond acceptors (Lipinski definition) is 5. The lowest BCUT2D eigenvalue weighted by Crippen LogP contribution is -2.41. The van der Waals surface area contributed by atoms with Gasteiger partial charge in [-0.2, -0.15) is 0 Å². The number of amides is 1. The normalized spacial score (nSPS) is 10.9. The molecule has 0 unspecified atom stereocenters. The molecule has 0 bridgehead atoms. The Kier molecular flexibility index (Phi) is 7.06. The van der Waals surface area contributed by atoms with E-state index in [-0.39, 0.29) is 19.7 Å². The predicted molar refractivity (Wildman–Crippen MR) is 105 cm³/mol. The van der Waals surface area contributed by atoms with Crippen molar-refractivity contribution in [1.82, 2.24) is 5.32 Å². The van der Waals surface area contributed by atoms with Crippen molar-refractivity contribution >= 4 is 21.6 Å². The molecule has 0 saturated heterocycles. The highest BCUT2D eigenvalue weighted by atomic mass is 32.2. The van der Waals surface area contributed by atoms with Gasteiger partial charge in [-0.05, 0) is 48.9 Å². The van der Waals surface area contributed by atoms with Crippen LogP contribution < -0.4 is 19.1 Å². The van der Waals surface area contributed by atoms with Crippen LogP contribution in [-0.2, 0) is 14.8 Å². The smallest absolute Gasteiger partial charge is 0.240 e. The van der Waals surface area contributed by atoms with Gasteiger partial charge in [0.15, 0.2) is 0 Å². The van der Waals surface area contributed by atoms with Gasteiger partial charge in [-0.3, -0.25) is 9.10 Å². The average molecular weight is 392 g/mol. The van der Waals surface area contributed by atoms with Crippen LogP contribution in [-0.4, -0.2) is 47.4 Å². The van der Waals surface area contributed by atoms with E-state index in [2.05, 4.69) is 5.32 Å². The molecule has 0 aliphatic heterocycles. The molecule has 0 radical (unpaired) electrons. The molecule has 1 amide bonds. The fourth-order valence-corrected chi connectivity index (χ4v) is 3.26. The maximum absolute atomic E-state index is 12.2. The Balaban J connectivity index is 1.90. The van der Waals surface area contributed by atoms with Gasteiger partial charge in [0.25, 0.3) is 0 Å². The zero-order valence-corrected chi connectivity index (χ0v) is 16.5. The van der Waals surface area contributed by atoms with E-state index < -0.39 is 15.9 Å². The van der Waals surface area contributed by atoms with Gasteiger partial charge in [0.2, 0.25) is 15.9 Å². The van der Waals surface area contributed by atoms with Gasteiger partial charge in [-0.25, -0.2) is 8.42 Å². The van der Waals surface area contributed by atoms with Gasteiger partial charge in [-0.15, -0.1) is 0 Å². The summed E-state index contributed by atoms with van der Waals surface area (Å²) in [6.45, 7) is 2.22. The summed E-state index contributed by atoms with van der Waals surface area (Å²) in [5.74, 6) is 0.911. The quantitative estimate of drug-likeness (QED) is 0.660. The van der Waals surface area contributed by atoms with Crippen LogP contribution in [0.15, 0.2) is 48.5 Å². The summed E-state index contributed by atoms with van der Waals surface area (Å²) in [4.78, 5) is 12.2. The lowest BCUT2D eigenvalue weighted by Gasteiger charge is -2.22. The molecule has 7 nitrogen and oxygen atoms in total. The van der Waals surface area contributed by atoms with Crippen molar-refractivity contribution in [2.24, 2.45) is 0 Å². The van der Waals surface area contributed by atoms with E-state index in [9.17, 15) is 13.2 Å². The van der Waals surface area contributed by atoms with Crippen molar-refractivity contribution in [3.8, 4) is 11.5 Å². The van der Waals surface area contributed by atoms with Crippen LogP contribution >= 0.6 is 0 Å². The summed E-state index contributed by atoms with van der Waals surface area (Å²) >= 11 is 0. The zero-order chi connectivity index (χ0) is 19.9. The molecule has 27 heavy (non-hydrogen) atoms. The van der Waals surface area contributed by atoms with Crippen molar-refractivity contribution in [3.05, 3.63) is 54.1 Å². The predicted octanol–water partition coefficient (Wildman–Crippen LogP) is 1.96. The van der Waals surface area contributed by atoms with Crippen LogP contribution in [0, 0.1) is 6.92 Å². The first-order valence-electron chi connectivity index (χ1n) is 8.37. The Morgan fingerprint density at radius 3 is 2.41 bits per heavy atom. The van der Waals surface area contributed by atoms with Crippen molar-refractivity contribution < 1.29 is 22.7 Å². The van der Waals surface area contributed by atoms with Crippen molar-refractivity contribution in [1.29, 1.82) is 0 Å². The minimum Gasteiger partial charge on any atom is -0.497 e. The number of methoxy groups -OCH3 is 1. The third kappa shape index (κ3) is 6.49. The minimum absolute atomic E-state index is 0.271. The molecular weight excluding hydrogens is 368 g/mol. The van der Waals surface area contributed by atoms with Gasteiger partial charge in [0.1, 0.15) is 24.7 Å². The fraction of sp³-hybridized carbons (Fsp3) is 0.316. The van der Waals surface area contributed by atoms with Crippen LogP contribution in [0.2, 0.25) is 0 Å². The van der Waals surface area contributed by atoms with Gasteiger partial charge >= 0.3 is 0 Å². The Hall–Kier alpha value is -2.74. The summed E-state index contributed by atoms with van der Waals surface area (Å²) in [6, 6.07) is 14.1. The van der Waals surface area contributed by atoms with Gasteiger partial charge in [-0.1, -0.05) is 12.1 Å². The number of nitrogens with one attached hydrogen (secondary N) is 1. The number of benzene rings is 2. The van der Waals surface area contributed by atoms with E-state index in [0.717, 1.165) is 21.9 Å². The number of anilines is 1. The molecule has 0 aliphatic carbocycles. The largest absolute Gasteiger partial charge is 0.497 e. The molecule has 0 saturated carbocycles. The van der Waals surface area contributed by atoms with E-state index in [1.165, 1.54) is 7.11 Å². The summed E-state index contributed by atoms with van der Waals surface area (Å²) in [5.41, 5.74) is 1.48. The van der Waals surface area contributed by atoms with Crippen LogP contribution in [0.4, 0.5) is 5.69 Å². The number of nitrogens with zero attached hydrogens (tertiary/aromatic N) is 1. The SMILES string of the molecule is COc1ccc(N(CC(=O)NCCOc2cccc(C)c2)S(C)(=O)=O)cc1. The molecule has 146 valence electrons. The standard InChI is InChI=1S/C19H24N2O5S/c1-15-5-4-6-18(13-15)26-12-11-20-19(22)14-21(27(3,23)24)16-7-9-17(25-2)10-8-16/h4-10,13H,11-12,14H2,1-3H3,(H,20,22). The van der Waals surface area contributed by atoms with Gasteiger partial charge < -0.3 is 14.8 Å². The highest BCUT2D eigenvalue weighted by Gasteiger charge is 2.20. The topological polar surface area (TPSA) is 84.9 Å². The lowest BCUT2D eigenvalue weighted by molar-refractivity contribution is -0.119. The van der Waals surface area contributed by atoms with Crippen molar-refractivity contribution in [2.75, 3.05) is 37.4 Å². The van der Waals surface area contributed by atoms with E-state index in [0.29, 0.717) is 11.4 Å². The third-order valence-corrected chi connectivity index (χ3v) is 4.87. The summed E-state index contributed by atoms with van der Waals surface area (Å²) in [7, 11) is -2.09. The molecule has 0 fully saturated rings. The Bertz CT molecular complexity index is 866. The van der Waals surface area contributed by atoms with Crippen LogP contribution in [0.3, 0.4) is 0 Å². The number of carbonyl (C=O) groups is 1. The summed E-state index contributed by atoms with van der Waals surface area (Å²) in [5, 5.41) is 2.67. The number of rotatable bonds is 9. The molecule has 1 N–H and O–H groups in total. The van der Waals surface area contributed by atoms with Crippen LogP contribution in [0.5, 0.6) is 11.5 Å². The Morgan fingerprint density at radius 2 is 1.81 bits per heavy atom. The van der Waals surface area contributed by atoms with Gasteiger partial charge in [0.05, 0.1) is 25.6 Å². The first kappa shape index (κ1) is 20.6. The van der Waals surface area contributed by atoms with E-state index >= 15 is 0 Å². The second kappa shape index (κ2) is 9.27. The Labute approximate surface area is 160 Å². The molecule has 0 spiro atoms. The van der Waals surface area contributed by atoms with Crippen molar-refractivity contribution in [3.63, 3.8) is 0 Å². The first-order valence-corrected chi connectivity index (χ1v) is 10.2. The van der Waals surface area contributed by atoms with E-state index in [1.54, 1.807) is 24.3 Å². The molecule has 0 aliphatic rings. The fourth-order valence-electron chi connectivity index (χ4n) is 2.40. The Morgan fingerprint density at radius 1 is 1.11 bits per heavy atom. The van der Waals surface area contributed by atoms with E-state index in [4.69, 9.17) is 9.47 Å². The molecule has 2 aromatic rings. The number of ether oxygens (including phenoxy) is 2. The molecular formula is C19H24N2O5S. The number of aryl methyl sites for hydroxylation is 1. The van der Waals surface area contributed by atoms with Crippen molar-refractivity contribution in [2.45, 2.75) is 6.92 Å². The molecule has 2 aromatic carbocycles. The third-order valence-electron chi connectivity index (χ3n) is 3.73. The first-order chi connectivity index (χ1) is 12.8. The highest BCUT2D eigenvalue weighted by Crippen LogP contribution is 2.21. The monoisotopic (exact) mass is 392 g/mol. The molecule has 0 heterocycles. The molecule has 0 aromatic heterocycles. The highest BCUT2D eigenvalue weighted by molar-refractivity contribution is 7.92. The lowest BCUT2D eigenvalue weighted by atomic mass is 10.2. The number of sulfonamides is 1.